The first-order chi connectivity index (χ1) is 15.3. The molecule has 0 aliphatic heterocycles. The van der Waals surface area contributed by atoms with Gasteiger partial charge < -0.3 is 0 Å². The van der Waals surface area contributed by atoms with Crippen LogP contribution in [0.4, 0.5) is 5.69 Å². The molecule has 0 spiro atoms. The van der Waals surface area contributed by atoms with Crippen LogP contribution in [0, 0.1) is 6.92 Å². The quantitative estimate of drug-likeness (QED) is 0.283. The van der Waals surface area contributed by atoms with Crippen LogP contribution >= 0.6 is 23.4 Å². The van der Waals surface area contributed by atoms with Crippen LogP contribution < -0.4 is 9.73 Å². The largest absolute Gasteiger partial charge is 0.271 e. The van der Waals surface area contributed by atoms with Gasteiger partial charge in [-0.2, -0.15) is 5.10 Å². The number of thioether (sulfide) groups is 1. The number of hydrogen-bond acceptors (Lipinski definition) is 5. The zero-order valence-electron chi connectivity index (χ0n) is 17.5. The molecule has 9 heteroatoms. The first-order valence-electron chi connectivity index (χ1n) is 9.61. The van der Waals surface area contributed by atoms with Crippen LogP contribution in [0.15, 0.2) is 87.7 Å². The van der Waals surface area contributed by atoms with E-state index in [9.17, 15) is 13.2 Å². The minimum atomic E-state index is -3.98. The van der Waals surface area contributed by atoms with E-state index >= 15 is 0 Å². The molecule has 0 saturated heterocycles. The molecule has 0 bridgehead atoms. The van der Waals surface area contributed by atoms with Crippen molar-refractivity contribution in [2.75, 3.05) is 17.1 Å². The van der Waals surface area contributed by atoms with Crippen LogP contribution in [0.2, 0.25) is 5.02 Å². The molecule has 3 aromatic rings. The molecule has 0 unspecified atom stereocenters. The van der Waals surface area contributed by atoms with Crippen molar-refractivity contribution in [2.24, 2.45) is 5.10 Å². The van der Waals surface area contributed by atoms with Gasteiger partial charge in [-0.25, -0.2) is 13.8 Å². The fraction of sp³-hybridized carbons (Fsp3) is 0.130. The number of aryl methyl sites for hydroxylation is 1. The SMILES string of the molecule is CSc1ccc(S(=O)(=O)N(CC(=O)N/N=C\c2ccccc2Cl)c2ccc(C)cc2)cc1. The summed E-state index contributed by atoms with van der Waals surface area (Å²) in [4.78, 5) is 13.6. The van der Waals surface area contributed by atoms with Crippen LogP contribution in [0.25, 0.3) is 0 Å². The summed E-state index contributed by atoms with van der Waals surface area (Å²) in [5.41, 5.74) is 4.37. The maximum atomic E-state index is 13.4. The lowest BCUT2D eigenvalue weighted by molar-refractivity contribution is -0.119. The summed E-state index contributed by atoms with van der Waals surface area (Å²) in [5.74, 6) is -0.585. The normalized spacial score (nSPS) is 11.5. The lowest BCUT2D eigenvalue weighted by Crippen LogP contribution is -2.39. The number of halogens is 1. The molecule has 0 saturated carbocycles. The van der Waals surface area contributed by atoms with Crippen molar-refractivity contribution in [1.29, 1.82) is 0 Å². The second-order valence-electron chi connectivity index (χ2n) is 6.84. The van der Waals surface area contributed by atoms with Gasteiger partial charge in [0.25, 0.3) is 15.9 Å². The Morgan fingerprint density at radius 1 is 1.06 bits per heavy atom. The van der Waals surface area contributed by atoms with Crippen molar-refractivity contribution < 1.29 is 13.2 Å². The molecule has 6 nitrogen and oxygen atoms in total. The van der Waals surface area contributed by atoms with Gasteiger partial charge in [0.05, 0.1) is 16.8 Å². The predicted octanol–water partition coefficient (Wildman–Crippen LogP) is 4.72. The van der Waals surface area contributed by atoms with Gasteiger partial charge in [0.15, 0.2) is 0 Å². The van der Waals surface area contributed by atoms with E-state index in [0.29, 0.717) is 16.3 Å². The number of benzene rings is 3. The molecule has 1 amide bonds. The highest BCUT2D eigenvalue weighted by molar-refractivity contribution is 7.98. The zero-order valence-corrected chi connectivity index (χ0v) is 19.9. The van der Waals surface area contributed by atoms with E-state index in [4.69, 9.17) is 11.6 Å². The number of rotatable bonds is 8. The van der Waals surface area contributed by atoms with Gasteiger partial charge in [0.2, 0.25) is 0 Å². The van der Waals surface area contributed by atoms with E-state index in [1.165, 1.54) is 30.1 Å². The summed E-state index contributed by atoms with van der Waals surface area (Å²) in [6.07, 6.45) is 3.32. The van der Waals surface area contributed by atoms with Crippen molar-refractivity contribution in [2.45, 2.75) is 16.7 Å². The summed E-state index contributed by atoms with van der Waals surface area (Å²) in [6.45, 7) is 1.47. The van der Waals surface area contributed by atoms with Crippen LogP contribution in [-0.4, -0.2) is 33.3 Å². The Kier molecular flexibility index (Phi) is 7.95. The standard InChI is InChI=1S/C23H22ClN3O3S2/c1-17-7-9-19(10-8-17)27(32(29,30)21-13-11-20(31-2)12-14-21)16-23(28)26-25-15-18-5-3-4-6-22(18)24/h3-15H,16H2,1-2H3,(H,26,28)/b25-15-. The van der Waals surface area contributed by atoms with E-state index in [1.54, 1.807) is 60.7 Å². The van der Waals surface area contributed by atoms with Crippen molar-refractivity contribution in [3.8, 4) is 0 Å². The highest BCUT2D eigenvalue weighted by Crippen LogP contribution is 2.25. The molecule has 0 atom stereocenters. The third kappa shape index (κ3) is 5.91. The Morgan fingerprint density at radius 2 is 1.72 bits per heavy atom. The third-order valence-corrected chi connectivity index (χ3v) is 7.43. The Bertz CT molecular complexity index is 1210. The fourth-order valence-corrected chi connectivity index (χ4v) is 4.83. The van der Waals surface area contributed by atoms with E-state index in [-0.39, 0.29) is 4.90 Å². The van der Waals surface area contributed by atoms with E-state index in [2.05, 4.69) is 10.5 Å². The molecule has 0 fully saturated rings. The topological polar surface area (TPSA) is 78.8 Å². The fourth-order valence-electron chi connectivity index (χ4n) is 2.82. The summed E-state index contributed by atoms with van der Waals surface area (Å²) < 4.78 is 27.8. The summed E-state index contributed by atoms with van der Waals surface area (Å²) in [5, 5.41) is 4.40. The Balaban J connectivity index is 1.85. The average molecular weight is 488 g/mol. The molecule has 0 aliphatic carbocycles. The third-order valence-electron chi connectivity index (χ3n) is 4.55. The van der Waals surface area contributed by atoms with E-state index in [0.717, 1.165) is 14.8 Å². The molecule has 0 aromatic heterocycles. The van der Waals surface area contributed by atoms with E-state index in [1.807, 2.05) is 13.2 Å². The Hall–Kier alpha value is -2.81. The van der Waals surface area contributed by atoms with Gasteiger partial charge in [-0.3, -0.25) is 9.10 Å². The van der Waals surface area contributed by atoms with Crippen LogP contribution in [0.1, 0.15) is 11.1 Å². The number of nitrogens with zero attached hydrogens (tertiary/aromatic N) is 2. The molecule has 32 heavy (non-hydrogen) atoms. The molecule has 0 radical (unpaired) electrons. The number of carbonyl (C=O) groups is 1. The molecule has 3 rings (SSSR count). The van der Waals surface area contributed by atoms with Gasteiger partial charge in [-0.15, -0.1) is 11.8 Å². The highest BCUT2D eigenvalue weighted by Gasteiger charge is 2.27. The van der Waals surface area contributed by atoms with Gasteiger partial charge in [0, 0.05) is 15.5 Å². The molecular formula is C23H22ClN3O3S2. The van der Waals surface area contributed by atoms with Gasteiger partial charge in [-0.1, -0.05) is 47.5 Å². The molecule has 166 valence electrons. The van der Waals surface area contributed by atoms with E-state index < -0.39 is 22.5 Å². The molecule has 0 heterocycles. The minimum Gasteiger partial charge on any atom is -0.271 e. The molecule has 3 aromatic carbocycles. The molecular weight excluding hydrogens is 466 g/mol. The Morgan fingerprint density at radius 3 is 2.34 bits per heavy atom. The summed E-state index contributed by atoms with van der Waals surface area (Å²) in [7, 11) is -3.98. The predicted molar refractivity (Wildman–Crippen MR) is 131 cm³/mol. The highest BCUT2D eigenvalue weighted by atomic mass is 35.5. The van der Waals surface area contributed by atoms with Gasteiger partial charge in [0.1, 0.15) is 6.54 Å². The number of anilines is 1. The second-order valence-corrected chi connectivity index (χ2v) is 9.99. The number of amides is 1. The van der Waals surface area contributed by atoms with Crippen molar-refractivity contribution in [3.05, 3.63) is 88.9 Å². The lowest BCUT2D eigenvalue weighted by Gasteiger charge is -2.24. The summed E-state index contributed by atoms with van der Waals surface area (Å²) in [6, 6.07) is 20.5. The number of hydrazone groups is 1. The van der Waals surface area contributed by atoms with Gasteiger partial charge >= 0.3 is 0 Å². The second kappa shape index (κ2) is 10.7. The smallest absolute Gasteiger partial charge is 0.264 e. The lowest BCUT2D eigenvalue weighted by atomic mass is 10.2. The number of carbonyl (C=O) groups excluding carboxylic acids is 1. The number of sulfonamides is 1. The number of nitrogens with one attached hydrogen (secondary N) is 1. The van der Waals surface area contributed by atoms with Crippen LogP contribution in [0.5, 0.6) is 0 Å². The zero-order chi connectivity index (χ0) is 23.1. The minimum absolute atomic E-state index is 0.100. The molecule has 0 aliphatic rings. The van der Waals surface area contributed by atoms with Crippen molar-refractivity contribution >= 4 is 51.2 Å². The maximum Gasteiger partial charge on any atom is 0.264 e. The maximum absolute atomic E-state index is 13.4. The average Bonchev–Trinajstić information content (AvgIpc) is 2.79. The first-order valence-corrected chi connectivity index (χ1v) is 12.7. The van der Waals surface area contributed by atoms with Gasteiger partial charge in [-0.05, 0) is 55.6 Å². The monoisotopic (exact) mass is 487 g/mol. The number of hydrogen-bond donors (Lipinski definition) is 1. The van der Waals surface area contributed by atoms with Crippen molar-refractivity contribution in [3.63, 3.8) is 0 Å². The Labute approximate surface area is 197 Å². The molecule has 1 N–H and O–H groups in total. The first kappa shape index (κ1) is 23.8. The summed E-state index contributed by atoms with van der Waals surface area (Å²) >= 11 is 7.59. The van der Waals surface area contributed by atoms with Crippen LogP contribution in [-0.2, 0) is 14.8 Å². The van der Waals surface area contributed by atoms with Crippen molar-refractivity contribution in [1.82, 2.24) is 5.43 Å². The van der Waals surface area contributed by atoms with Crippen LogP contribution in [0.3, 0.4) is 0 Å².